The van der Waals surface area contributed by atoms with E-state index in [9.17, 15) is 58.7 Å². The van der Waals surface area contributed by atoms with Crippen LogP contribution in [0.15, 0.2) is 22.1 Å². The second kappa shape index (κ2) is 15.9. The third-order valence-electron chi connectivity index (χ3n) is 5.39. The summed E-state index contributed by atoms with van der Waals surface area (Å²) in [5, 5.41) is 62.1. The second-order valence-electron chi connectivity index (χ2n) is 8.22. The van der Waals surface area contributed by atoms with Gasteiger partial charge in [0, 0.05) is 6.20 Å². The molecule has 24 heteroatoms. The molecule has 1 aromatic rings. The molecule has 11 atom stereocenters. The van der Waals surface area contributed by atoms with Gasteiger partial charge in [-0.15, -0.1) is 0 Å². The Balaban J connectivity index is 0.00000420. The number of phosphoric acid groups is 2. The largest absolute Gasteiger partial charge is 1.00 e. The zero-order valence-corrected chi connectivity index (χ0v) is 27.4. The second-order valence-corrected chi connectivity index (χ2v) is 11.2. The molecule has 3 heterocycles. The van der Waals surface area contributed by atoms with Crippen LogP contribution in [0.2, 0.25) is 0 Å². The van der Waals surface area contributed by atoms with E-state index in [4.69, 9.17) is 9.47 Å². The number of aliphatic hydroxyl groups excluding tert-OH is 4. The SMILES string of the molecule is CC([O-])=N[C@H]1[C@@H](OP(=O)(O)OP(=O)(O)OC[C@H]2O[C@@H](n3ccc([O-])nc3=O)[C@H](O)[C@@H]2O)O[C@H](CO)[C@@H](F)[C@@H]1O.[Na+].[Na+]. The molecule has 0 aliphatic carbocycles. The number of ether oxygens (including phenoxy) is 2. The minimum Gasteiger partial charge on any atom is -0.862 e. The Labute approximate surface area is 274 Å². The van der Waals surface area contributed by atoms with Gasteiger partial charge >= 0.3 is 80.4 Å². The van der Waals surface area contributed by atoms with E-state index in [-0.39, 0.29) is 59.1 Å². The molecule has 2 aliphatic heterocycles. The van der Waals surface area contributed by atoms with Crippen molar-refractivity contribution in [2.24, 2.45) is 4.99 Å². The van der Waals surface area contributed by atoms with E-state index in [0.717, 1.165) is 19.2 Å². The monoisotopic (exact) mass is 653 g/mol. The molecule has 2 aliphatic rings. The van der Waals surface area contributed by atoms with Crippen LogP contribution in [0.5, 0.6) is 5.88 Å². The van der Waals surface area contributed by atoms with Crippen LogP contribution in [-0.4, -0.2) is 108 Å². The maximum Gasteiger partial charge on any atom is 1.00 e. The molecular formula is C17H24FN3Na2O16P2. The van der Waals surface area contributed by atoms with Gasteiger partial charge in [0.2, 0.25) is 0 Å². The van der Waals surface area contributed by atoms with Crippen molar-refractivity contribution in [2.45, 2.75) is 62.2 Å². The average molecular weight is 653 g/mol. The number of hydrogen-bond donors (Lipinski definition) is 6. The van der Waals surface area contributed by atoms with Crippen molar-refractivity contribution < 1.29 is 136 Å². The van der Waals surface area contributed by atoms with Gasteiger partial charge in [0.25, 0.3) is 0 Å². The van der Waals surface area contributed by atoms with Crippen LogP contribution in [-0.2, 0) is 32.0 Å². The van der Waals surface area contributed by atoms with Crippen LogP contribution in [0, 0.1) is 0 Å². The summed E-state index contributed by atoms with van der Waals surface area (Å²) in [6, 6.07) is -1.08. The Bertz CT molecular complexity index is 1210. The molecule has 6 N–H and O–H groups in total. The molecule has 19 nitrogen and oxygen atoms in total. The summed E-state index contributed by atoms with van der Waals surface area (Å²) in [7, 11) is -11.2. The van der Waals surface area contributed by atoms with E-state index >= 15 is 0 Å². The number of aliphatic imine (C=N–C) groups is 1. The fraction of sp³-hybridized carbons (Fsp3) is 0.706. The Morgan fingerprint density at radius 1 is 1.15 bits per heavy atom. The third-order valence-corrected chi connectivity index (χ3v) is 7.99. The number of aliphatic hydroxyl groups is 4. The fourth-order valence-electron chi connectivity index (χ4n) is 3.63. The van der Waals surface area contributed by atoms with E-state index in [1.54, 1.807) is 0 Å². The van der Waals surface area contributed by atoms with Crippen molar-refractivity contribution in [3.05, 3.63) is 22.7 Å². The maximum absolute atomic E-state index is 14.2. The van der Waals surface area contributed by atoms with Gasteiger partial charge in [-0.25, -0.2) is 23.3 Å². The Kier molecular flexibility index (Phi) is 15.2. The Morgan fingerprint density at radius 2 is 1.78 bits per heavy atom. The van der Waals surface area contributed by atoms with Crippen LogP contribution in [0.3, 0.4) is 0 Å². The topological polar surface area (TPSA) is 295 Å². The molecule has 41 heavy (non-hydrogen) atoms. The van der Waals surface area contributed by atoms with Crippen molar-refractivity contribution in [2.75, 3.05) is 13.2 Å². The molecule has 0 bridgehead atoms. The first-order valence-corrected chi connectivity index (χ1v) is 13.8. The molecule has 0 radical (unpaired) electrons. The summed E-state index contributed by atoms with van der Waals surface area (Å²) in [6.07, 6.45) is -14.4. The van der Waals surface area contributed by atoms with Crippen molar-refractivity contribution in [1.29, 1.82) is 0 Å². The van der Waals surface area contributed by atoms with Crippen molar-refractivity contribution >= 4 is 21.5 Å². The summed E-state index contributed by atoms with van der Waals surface area (Å²) < 4.78 is 62.9. The standard InChI is InChI=1S/C17H26FN3O16P2.2Na/c1-6(23)19-11-13(26)10(18)7(4-22)35-16(11)36-39(31,32)37-38(29,30)33-5-8-12(25)14(27)15(34-8)21-3-2-9(24)20-17(21)28;;/h2-3,7-8,10-16,22,25-27H,4-5H2,1H3,(H,19,23)(H,29,30)(H,31,32)(H,20,24,28);;/q;2*+1/p-2/t7-,8-,10-,11-,12-,13+,14-,15-,16-;;/m1../s1. The first kappa shape index (κ1) is 39.1. The zero-order valence-electron chi connectivity index (χ0n) is 21.6. The van der Waals surface area contributed by atoms with Gasteiger partial charge in [0.05, 0.1) is 13.2 Å². The van der Waals surface area contributed by atoms with E-state index in [0.29, 0.717) is 4.57 Å². The minimum absolute atomic E-state index is 0. The Hall–Kier alpha value is 0.1000. The maximum atomic E-state index is 14.2. The number of nitrogens with zero attached hydrogens (tertiary/aromatic N) is 3. The van der Waals surface area contributed by atoms with Gasteiger partial charge < -0.3 is 49.9 Å². The fourth-order valence-corrected chi connectivity index (χ4v) is 5.79. The number of phosphoric ester groups is 2. The quantitative estimate of drug-likeness (QED) is 0.0591. The summed E-state index contributed by atoms with van der Waals surface area (Å²) in [5.74, 6) is -1.86. The molecule has 0 saturated carbocycles. The molecule has 2 fully saturated rings. The minimum atomic E-state index is -5.69. The number of aromatic nitrogens is 2. The molecule has 0 spiro atoms. The van der Waals surface area contributed by atoms with Crippen LogP contribution in [0.25, 0.3) is 0 Å². The first-order chi connectivity index (χ1) is 18.0. The summed E-state index contributed by atoms with van der Waals surface area (Å²) in [6.45, 7) is -1.21. The first-order valence-electron chi connectivity index (χ1n) is 10.8. The average Bonchev–Trinajstić information content (AvgIpc) is 3.10. The molecular weight excluding hydrogens is 629 g/mol. The number of hydrogen-bond acceptors (Lipinski definition) is 16. The van der Waals surface area contributed by atoms with Gasteiger partial charge in [0.1, 0.15) is 36.6 Å². The predicted octanol–water partition coefficient (Wildman–Crippen LogP) is -10.2. The molecule has 3 rings (SSSR count). The number of rotatable bonds is 10. The van der Waals surface area contributed by atoms with Crippen molar-refractivity contribution in [1.82, 2.24) is 9.55 Å². The van der Waals surface area contributed by atoms with Crippen LogP contribution >= 0.6 is 15.6 Å². The third kappa shape index (κ3) is 10.1. The molecule has 0 amide bonds. The normalized spacial score (nSPS) is 35.0. The van der Waals surface area contributed by atoms with Gasteiger partial charge in [-0.05, 0) is 24.8 Å². The van der Waals surface area contributed by atoms with Crippen LogP contribution in [0.4, 0.5) is 4.39 Å². The summed E-state index contributed by atoms with van der Waals surface area (Å²) >= 11 is 0. The molecule has 2 unspecified atom stereocenters. The van der Waals surface area contributed by atoms with E-state index in [2.05, 4.69) is 23.3 Å². The van der Waals surface area contributed by atoms with Gasteiger partial charge in [-0.2, -0.15) is 4.31 Å². The van der Waals surface area contributed by atoms with Gasteiger partial charge in [0.15, 0.2) is 18.7 Å². The zero-order chi connectivity index (χ0) is 29.3. The van der Waals surface area contributed by atoms with E-state index < -0.39 is 102 Å². The molecule has 2 saturated heterocycles. The molecule has 0 aromatic carbocycles. The number of halogens is 1. The van der Waals surface area contributed by atoms with Crippen molar-refractivity contribution in [3.8, 4) is 5.88 Å². The smallest absolute Gasteiger partial charge is 0.862 e. The van der Waals surface area contributed by atoms with Crippen molar-refractivity contribution in [3.63, 3.8) is 0 Å². The van der Waals surface area contributed by atoms with E-state index in [1.807, 2.05) is 0 Å². The van der Waals surface area contributed by atoms with Crippen LogP contribution in [0.1, 0.15) is 13.2 Å². The van der Waals surface area contributed by atoms with Gasteiger partial charge in [-0.1, -0.05) is 0 Å². The molecule has 1 aromatic heterocycles. The summed E-state index contributed by atoms with van der Waals surface area (Å²) in [5.41, 5.74) is -1.14. The predicted molar refractivity (Wildman–Crippen MR) is 115 cm³/mol. The molecule has 222 valence electrons. The Morgan fingerprint density at radius 3 is 2.34 bits per heavy atom. The summed E-state index contributed by atoms with van der Waals surface area (Å²) in [4.78, 5) is 38.1. The number of alkyl halides is 1. The van der Waals surface area contributed by atoms with Crippen LogP contribution < -0.4 is 75.0 Å². The van der Waals surface area contributed by atoms with Gasteiger partial charge in [-0.3, -0.25) is 18.6 Å². The van der Waals surface area contributed by atoms with E-state index in [1.165, 1.54) is 0 Å².